The van der Waals surface area contributed by atoms with Crippen LogP contribution in [0.4, 0.5) is 4.79 Å². The van der Waals surface area contributed by atoms with Gasteiger partial charge in [-0.3, -0.25) is 0 Å². The van der Waals surface area contributed by atoms with Crippen LogP contribution in [0.5, 0.6) is 0 Å². The second-order valence-electron chi connectivity index (χ2n) is 8.46. The van der Waals surface area contributed by atoms with Crippen LogP contribution in [0.1, 0.15) is 31.0 Å². The highest BCUT2D eigenvalue weighted by Crippen LogP contribution is 2.40. The van der Waals surface area contributed by atoms with Crippen molar-refractivity contribution in [2.24, 2.45) is 5.92 Å². The molecule has 1 amide bonds. The SMILES string of the molecule is C=C/C=C\C=C1/Cn2cccc2C(C)(C2CCN(C(=O)OCc3ccccc3)CC2)N1. The minimum Gasteiger partial charge on any atom is -0.445 e. The van der Waals surface area contributed by atoms with Crippen LogP contribution >= 0.6 is 0 Å². The van der Waals surface area contributed by atoms with Crippen LogP contribution < -0.4 is 5.32 Å². The van der Waals surface area contributed by atoms with E-state index in [2.05, 4.69) is 47.8 Å². The molecule has 1 aromatic heterocycles. The number of ether oxygens (including phenoxy) is 1. The second kappa shape index (κ2) is 9.29. The molecule has 162 valence electrons. The Balaban J connectivity index is 1.40. The number of amides is 1. The first-order valence-electron chi connectivity index (χ1n) is 11.0. The molecule has 5 nitrogen and oxygen atoms in total. The van der Waals surface area contributed by atoms with Gasteiger partial charge in [0.15, 0.2) is 0 Å². The van der Waals surface area contributed by atoms with E-state index in [-0.39, 0.29) is 11.6 Å². The Morgan fingerprint density at radius 3 is 2.71 bits per heavy atom. The molecule has 4 rings (SSSR count). The van der Waals surface area contributed by atoms with Gasteiger partial charge in [0.2, 0.25) is 0 Å². The van der Waals surface area contributed by atoms with E-state index in [4.69, 9.17) is 4.74 Å². The van der Waals surface area contributed by atoms with Gasteiger partial charge >= 0.3 is 6.09 Å². The summed E-state index contributed by atoms with van der Waals surface area (Å²) in [6, 6.07) is 14.1. The molecule has 2 aliphatic heterocycles. The van der Waals surface area contributed by atoms with Crippen molar-refractivity contribution < 1.29 is 9.53 Å². The summed E-state index contributed by atoms with van der Waals surface area (Å²) in [4.78, 5) is 14.4. The first kappa shape index (κ1) is 21.0. The van der Waals surface area contributed by atoms with Gasteiger partial charge in [-0.2, -0.15) is 0 Å². The number of carbonyl (C=O) groups is 1. The minimum atomic E-state index is -0.220. The highest BCUT2D eigenvalue weighted by Gasteiger charge is 2.42. The number of likely N-dealkylation sites (tertiary alicyclic amines) is 1. The van der Waals surface area contributed by atoms with Crippen LogP contribution in [-0.4, -0.2) is 28.6 Å². The molecule has 31 heavy (non-hydrogen) atoms. The van der Waals surface area contributed by atoms with Crippen molar-refractivity contribution in [3.63, 3.8) is 0 Å². The van der Waals surface area contributed by atoms with Gasteiger partial charge < -0.3 is 19.5 Å². The van der Waals surface area contributed by atoms with Crippen molar-refractivity contribution in [1.29, 1.82) is 0 Å². The van der Waals surface area contributed by atoms with E-state index in [0.717, 1.165) is 24.9 Å². The molecule has 1 saturated heterocycles. The third-order valence-corrected chi connectivity index (χ3v) is 6.44. The van der Waals surface area contributed by atoms with Crippen molar-refractivity contribution in [2.75, 3.05) is 13.1 Å². The quantitative estimate of drug-likeness (QED) is 0.698. The average molecular weight is 418 g/mol. The van der Waals surface area contributed by atoms with E-state index in [1.807, 2.05) is 47.4 Å². The fraction of sp³-hybridized carbons (Fsp3) is 0.346. The molecule has 2 aromatic rings. The number of carbonyl (C=O) groups excluding carboxylic acids is 1. The molecule has 1 fully saturated rings. The number of hydrogen-bond donors (Lipinski definition) is 1. The summed E-state index contributed by atoms with van der Waals surface area (Å²) >= 11 is 0. The third-order valence-electron chi connectivity index (χ3n) is 6.44. The second-order valence-corrected chi connectivity index (χ2v) is 8.46. The van der Waals surface area contributed by atoms with Crippen molar-refractivity contribution in [2.45, 2.75) is 38.5 Å². The predicted molar refractivity (Wildman–Crippen MR) is 123 cm³/mol. The smallest absolute Gasteiger partial charge is 0.410 e. The van der Waals surface area contributed by atoms with E-state index < -0.39 is 0 Å². The number of piperidine rings is 1. The zero-order valence-corrected chi connectivity index (χ0v) is 18.2. The summed E-state index contributed by atoms with van der Waals surface area (Å²) in [7, 11) is 0. The average Bonchev–Trinajstić information content (AvgIpc) is 3.28. The summed E-state index contributed by atoms with van der Waals surface area (Å²) in [5, 5.41) is 3.81. The minimum absolute atomic E-state index is 0.171. The highest BCUT2D eigenvalue weighted by molar-refractivity contribution is 5.67. The molecule has 0 aliphatic carbocycles. The van der Waals surface area contributed by atoms with Gasteiger partial charge in [-0.15, -0.1) is 0 Å². The third kappa shape index (κ3) is 4.61. The molecule has 0 radical (unpaired) electrons. The molecule has 1 N–H and O–H groups in total. The Kier molecular flexibility index (Phi) is 6.31. The van der Waals surface area contributed by atoms with Crippen LogP contribution in [0.15, 0.2) is 85.2 Å². The highest BCUT2D eigenvalue weighted by atomic mass is 16.6. The number of hydrogen-bond acceptors (Lipinski definition) is 3. The van der Waals surface area contributed by atoms with Gasteiger partial charge in [-0.25, -0.2) is 4.79 Å². The molecule has 1 unspecified atom stereocenters. The lowest BCUT2D eigenvalue weighted by Crippen LogP contribution is -2.54. The number of fused-ring (bicyclic) bond motifs is 1. The summed E-state index contributed by atoms with van der Waals surface area (Å²) in [6.45, 7) is 8.61. The molecule has 0 saturated carbocycles. The van der Waals surface area contributed by atoms with E-state index in [1.54, 1.807) is 6.08 Å². The predicted octanol–water partition coefficient (Wildman–Crippen LogP) is 4.98. The van der Waals surface area contributed by atoms with E-state index in [9.17, 15) is 4.79 Å². The number of rotatable bonds is 5. The molecular weight excluding hydrogens is 386 g/mol. The van der Waals surface area contributed by atoms with Gasteiger partial charge in [-0.05, 0) is 49.5 Å². The molecule has 1 atom stereocenters. The van der Waals surface area contributed by atoms with Crippen molar-refractivity contribution in [3.05, 3.63) is 96.5 Å². The van der Waals surface area contributed by atoms with Crippen LogP contribution in [0.3, 0.4) is 0 Å². The lowest BCUT2D eigenvalue weighted by Gasteiger charge is -2.47. The van der Waals surface area contributed by atoms with E-state index in [0.29, 0.717) is 25.6 Å². The first-order valence-corrected chi connectivity index (χ1v) is 11.0. The molecule has 0 bridgehead atoms. The maximum atomic E-state index is 12.5. The molecule has 3 heterocycles. The Hall–Kier alpha value is -3.21. The maximum absolute atomic E-state index is 12.5. The van der Waals surface area contributed by atoms with Crippen molar-refractivity contribution in [1.82, 2.24) is 14.8 Å². The fourth-order valence-corrected chi connectivity index (χ4v) is 4.75. The topological polar surface area (TPSA) is 46.5 Å². The zero-order chi connectivity index (χ0) is 21.7. The summed E-state index contributed by atoms with van der Waals surface area (Å²) in [5.41, 5.74) is 3.34. The number of nitrogens with zero attached hydrogens (tertiary/aromatic N) is 2. The van der Waals surface area contributed by atoms with Gasteiger partial charge in [0.05, 0.1) is 12.1 Å². The van der Waals surface area contributed by atoms with E-state index >= 15 is 0 Å². The molecule has 2 aliphatic rings. The van der Waals surface area contributed by atoms with Gasteiger partial charge in [0, 0.05) is 30.7 Å². The Labute approximate surface area is 184 Å². The lowest BCUT2D eigenvalue weighted by molar-refractivity contribution is 0.0664. The van der Waals surface area contributed by atoms with Crippen molar-refractivity contribution in [3.8, 4) is 0 Å². The van der Waals surface area contributed by atoms with Crippen LogP contribution in [-0.2, 0) is 23.4 Å². The molecule has 5 heteroatoms. The summed E-state index contributed by atoms with van der Waals surface area (Å²) in [5.74, 6) is 0.423. The first-order chi connectivity index (χ1) is 15.1. The van der Waals surface area contributed by atoms with Gasteiger partial charge in [-0.1, -0.05) is 55.1 Å². The lowest BCUT2D eigenvalue weighted by atomic mass is 9.75. The van der Waals surface area contributed by atoms with Crippen LogP contribution in [0.25, 0.3) is 0 Å². The number of benzene rings is 1. The normalized spacial score (nSPS) is 22.9. The number of aromatic nitrogens is 1. The molecule has 1 aromatic carbocycles. The molecule has 0 spiro atoms. The van der Waals surface area contributed by atoms with Crippen LogP contribution in [0.2, 0.25) is 0 Å². The molecular formula is C26H31N3O2. The number of allylic oxidation sites excluding steroid dienone is 5. The van der Waals surface area contributed by atoms with E-state index in [1.165, 1.54) is 11.4 Å². The van der Waals surface area contributed by atoms with Crippen LogP contribution in [0, 0.1) is 5.92 Å². The van der Waals surface area contributed by atoms with Crippen molar-refractivity contribution >= 4 is 6.09 Å². The monoisotopic (exact) mass is 417 g/mol. The van der Waals surface area contributed by atoms with Gasteiger partial charge in [0.25, 0.3) is 0 Å². The zero-order valence-electron chi connectivity index (χ0n) is 18.2. The maximum Gasteiger partial charge on any atom is 0.410 e. The van der Waals surface area contributed by atoms with Gasteiger partial charge in [0.1, 0.15) is 6.61 Å². The Morgan fingerprint density at radius 2 is 1.97 bits per heavy atom. The largest absolute Gasteiger partial charge is 0.445 e. The summed E-state index contributed by atoms with van der Waals surface area (Å²) in [6.07, 6.45) is 11.7. The number of nitrogens with one attached hydrogen (secondary N) is 1. The fourth-order valence-electron chi connectivity index (χ4n) is 4.75. The summed E-state index contributed by atoms with van der Waals surface area (Å²) < 4.78 is 7.86. The standard InChI is InChI=1S/C26H31N3O2/c1-3-4-6-12-23-19-29-16-9-13-24(29)26(2,27-23)22-14-17-28(18-15-22)25(30)31-20-21-10-7-5-8-11-21/h3-13,16,22,27H,1,14-15,17-20H2,2H3/b6-4-,23-12+. The Morgan fingerprint density at radius 1 is 1.19 bits per heavy atom. The Bertz CT molecular complexity index is 968.